The summed E-state index contributed by atoms with van der Waals surface area (Å²) in [5, 5.41) is 38.6. The van der Waals surface area contributed by atoms with Crippen LogP contribution in [0.25, 0.3) is 0 Å². The van der Waals surface area contributed by atoms with Crippen LogP contribution in [0.2, 0.25) is 0 Å². The van der Waals surface area contributed by atoms with Crippen molar-refractivity contribution >= 4 is 51.6 Å². The summed E-state index contributed by atoms with van der Waals surface area (Å²) in [4.78, 5) is 79.1. The molecule has 4 fully saturated rings. The number of esters is 1. The molecule has 3 aliphatic heterocycles. The molecule has 14 atom stereocenters. The monoisotopic (exact) mass is 1160 g/mol. The molecule has 0 bridgehead atoms. The Hall–Kier alpha value is -5.13. The number of methoxy groups -OCH3 is 3. The van der Waals surface area contributed by atoms with E-state index in [0.717, 1.165) is 32.1 Å². The second kappa shape index (κ2) is 35.8. The van der Waals surface area contributed by atoms with Gasteiger partial charge in [-0.1, -0.05) is 89.5 Å². The zero-order valence-electron chi connectivity index (χ0n) is 50.0. The van der Waals surface area contributed by atoms with Crippen molar-refractivity contribution in [2.24, 2.45) is 41.4 Å². The summed E-state index contributed by atoms with van der Waals surface area (Å²) in [6.07, 6.45) is 16.5. The zero-order valence-corrected chi connectivity index (χ0v) is 50.8. The number of cyclic esters (lactones) is 1. The fourth-order valence-electron chi connectivity index (χ4n) is 10.9. The number of benzene rings is 1. The predicted molar refractivity (Wildman–Crippen MR) is 309 cm³/mol. The Kier molecular flexibility index (Phi) is 31.8. The second-order valence-electron chi connectivity index (χ2n) is 21.9. The maximum Gasteiger partial charge on any atom is 0.329 e. The van der Waals surface area contributed by atoms with Gasteiger partial charge in [0, 0.05) is 77.8 Å². The van der Waals surface area contributed by atoms with Crippen LogP contribution in [-0.4, -0.2) is 154 Å². The minimum absolute atomic E-state index is 0.0737. The molecule has 0 spiro atoms. The third-order valence-corrected chi connectivity index (χ3v) is 16.7. The van der Waals surface area contributed by atoms with E-state index >= 15 is 0 Å². The molecule has 1 amide bonds. The number of aliphatic hydroxyl groups excluding tert-OH is 1. The van der Waals surface area contributed by atoms with E-state index in [4.69, 9.17) is 34.0 Å². The summed E-state index contributed by atoms with van der Waals surface area (Å²) >= 11 is 0. The maximum atomic E-state index is 14.1. The quantitative estimate of drug-likeness (QED) is 0.0153. The number of hydrogen-bond donors (Lipinski definition) is 6. The van der Waals surface area contributed by atoms with Crippen molar-refractivity contribution in [1.29, 1.82) is 0 Å². The Morgan fingerprint density at radius 2 is 1.59 bits per heavy atom. The number of anilines is 1. The molecule has 4 aliphatic rings. The third kappa shape index (κ3) is 22.5. The third-order valence-electron chi connectivity index (χ3n) is 15.6. The number of rotatable bonds is 23. The van der Waals surface area contributed by atoms with Crippen molar-refractivity contribution in [3.8, 4) is 5.75 Å². The largest absolute Gasteiger partial charge is 0.508 e. The Labute approximate surface area is 481 Å². The van der Waals surface area contributed by atoms with E-state index in [2.05, 4.69) is 40.2 Å². The lowest BCUT2D eigenvalue weighted by atomic mass is 9.68. The molecule has 0 aromatic heterocycles. The van der Waals surface area contributed by atoms with Crippen LogP contribution >= 0.6 is 0 Å². The summed E-state index contributed by atoms with van der Waals surface area (Å²) in [7, 11) is 4.20. The van der Waals surface area contributed by atoms with E-state index in [0.29, 0.717) is 49.8 Å². The molecule has 8 unspecified atom stereocenters. The molecule has 1 aromatic rings. The highest BCUT2D eigenvalue weighted by atomic mass is 32.2. The number of Topliss-reactive ketones (excluding diaryl/α,β-unsaturated/α-hetero) is 3. The Morgan fingerprint density at radius 3 is 2.19 bits per heavy atom. The highest BCUT2D eigenvalue weighted by Crippen LogP contribution is 2.45. The van der Waals surface area contributed by atoms with E-state index < -0.39 is 75.9 Å². The van der Waals surface area contributed by atoms with Gasteiger partial charge in [-0.25, -0.2) is 9.52 Å². The number of carboxylic acid groups (broad SMARTS) is 1. The molecule has 81 heavy (non-hydrogen) atoms. The first-order chi connectivity index (χ1) is 38.2. The normalized spacial score (nSPS) is 27.0. The second-order valence-corrected chi connectivity index (χ2v) is 23.6. The molecule has 21 heteroatoms. The van der Waals surface area contributed by atoms with Crippen LogP contribution in [0.3, 0.4) is 0 Å². The lowest BCUT2D eigenvalue weighted by molar-refractivity contribution is -0.260. The van der Waals surface area contributed by atoms with Gasteiger partial charge in [0.25, 0.3) is 28.4 Å². The smallest absolute Gasteiger partial charge is 0.329 e. The van der Waals surface area contributed by atoms with Crippen LogP contribution in [0.5, 0.6) is 5.75 Å². The van der Waals surface area contributed by atoms with Gasteiger partial charge in [-0.3, -0.25) is 28.7 Å². The van der Waals surface area contributed by atoms with Crippen LogP contribution in [-0.2, 0) is 62.7 Å². The molecule has 458 valence electrons. The first-order valence-corrected chi connectivity index (χ1v) is 29.6. The number of aromatic hydroxyl groups is 1. The number of ketones is 3. The Morgan fingerprint density at radius 1 is 0.951 bits per heavy atom. The molecule has 20 nitrogen and oxygen atoms in total. The first-order valence-electron chi connectivity index (χ1n) is 28.2. The number of piperidine rings is 1. The number of amides is 1. The summed E-state index contributed by atoms with van der Waals surface area (Å²) in [5.41, 5.74) is 2.11. The van der Waals surface area contributed by atoms with Crippen molar-refractivity contribution < 1.29 is 81.3 Å². The number of aliphatic hydroxyl groups is 2. The maximum absolute atomic E-state index is 14.1. The predicted octanol–water partition coefficient (Wildman–Crippen LogP) is 7.67. The topological polar surface area (TPSA) is 291 Å². The summed E-state index contributed by atoms with van der Waals surface area (Å²) < 4.78 is 53.7. The van der Waals surface area contributed by atoms with Crippen molar-refractivity contribution in [2.75, 3.05) is 46.8 Å². The van der Waals surface area contributed by atoms with Gasteiger partial charge in [0.2, 0.25) is 5.79 Å². The van der Waals surface area contributed by atoms with Gasteiger partial charge in [-0.05, 0) is 126 Å². The summed E-state index contributed by atoms with van der Waals surface area (Å²) in [6, 6.07) is 4.68. The van der Waals surface area contributed by atoms with Crippen LogP contribution in [0.4, 0.5) is 5.69 Å². The van der Waals surface area contributed by atoms with Crippen molar-refractivity contribution in [3.63, 3.8) is 0 Å². The van der Waals surface area contributed by atoms with Crippen LogP contribution in [0.15, 0.2) is 71.9 Å². The minimum atomic E-state index is -3.47. The van der Waals surface area contributed by atoms with Gasteiger partial charge in [0.15, 0.2) is 5.78 Å². The average Bonchev–Trinajstić information content (AvgIpc) is 3.43. The van der Waals surface area contributed by atoms with E-state index in [1.165, 1.54) is 48.9 Å². The first kappa shape index (κ1) is 72.0. The molecule has 3 heterocycles. The lowest BCUT2D eigenvalue weighted by Crippen LogP contribution is -2.64. The number of carbonyl (C=O) groups excluding carboxylic acids is 5. The lowest BCUT2D eigenvalue weighted by Gasteiger charge is -2.50. The number of fused-ring (bicyclic) bond motifs is 1. The number of ether oxygens (including phenoxy) is 5. The number of nitrogens with zero attached hydrogens (tertiary/aromatic N) is 1. The molecule has 1 aliphatic carbocycles. The van der Waals surface area contributed by atoms with Crippen molar-refractivity contribution in [3.05, 3.63) is 71.9 Å². The fourth-order valence-corrected chi connectivity index (χ4v) is 11.5. The molecule has 5 rings (SSSR count). The highest BCUT2D eigenvalue weighted by molar-refractivity contribution is 7.90. The van der Waals surface area contributed by atoms with Crippen LogP contribution < -0.4 is 9.44 Å². The number of likely N-dealkylation sites (tertiary alicyclic amines) is 1. The molecule has 0 radical (unpaired) electrons. The van der Waals surface area contributed by atoms with Gasteiger partial charge >= 0.3 is 5.97 Å². The molecule has 6 N–H and O–H groups in total. The Balaban J connectivity index is 0.00000100. The number of phenolic OH excluding ortho intramolecular Hbond substituents is 1. The van der Waals surface area contributed by atoms with Crippen LogP contribution in [0.1, 0.15) is 132 Å². The molecular formula is C60H95N3O17S. The fraction of sp³-hybridized carbons (Fsp3) is 0.667. The average molecular weight is 1160 g/mol. The molecule has 1 saturated carbocycles. The number of hydrogen-bond acceptors (Lipinski definition) is 16. The standard InChI is InChI=1S/C50H77NO11.C7H10N2O3S.C2H6O.CH2O2/c1-11-30(2)17-13-12-14-18-31(3)25-33(5)44(53)46(60-10)45(54)34(6)26-32(4)41(52)29-42-40(28-37-19-15-20-38(27-37)59-9)39-21-16-24-51(43(39)49(57)61-42)48(56)47(55)50(58)35(7)22-23-36(8)62-50;1-8-13(11,12)9-6-2-4-7(10)5-3-6;1-3-2;2-1-3/h12-14,17-18,26,31-33,35-40,42-43,45-46,54,58H,11,15-16,19-25,27-29H2,1-10H3;2-5,8-10H,1H3;1-2H3;1H,(H,2,3)/b13-12+,18-14+,30-17+,34-26+;;;/t31-,32-,33?,35?,36-,37?,38?,39-,40?,42+,43?,45?,46+,50?;;;/m1.../s1. The molecule has 1 aromatic carbocycles. The molecule has 3 saturated heterocycles. The van der Waals surface area contributed by atoms with Gasteiger partial charge in [0.05, 0.1) is 12.2 Å². The van der Waals surface area contributed by atoms with E-state index in [1.54, 1.807) is 55.1 Å². The number of nitrogens with one attached hydrogen (secondary N) is 2. The van der Waals surface area contributed by atoms with E-state index in [1.807, 2.05) is 32.1 Å². The number of phenols is 1. The van der Waals surface area contributed by atoms with E-state index in [-0.39, 0.29) is 72.4 Å². The van der Waals surface area contributed by atoms with Gasteiger partial charge in [-0.2, -0.15) is 8.42 Å². The Bertz CT molecular complexity index is 2390. The van der Waals surface area contributed by atoms with E-state index in [9.17, 15) is 42.6 Å². The highest BCUT2D eigenvalue weighted by Gasteiger charge is 2.56. The number of allylic oxidation sites excluding steroid dienone is 7. The summed E-state index contributed by atoms with van der Waals surface area (Å²) in [5.74, 6) is -7.26. The molecular weight excluding hydrogens is 1070 g/mol. The minimum Gasteiger partial charge on any atom is -0.508 e. The van der Waals surface area contributed by atoms with Gasteiger partial charge in [0.1, 0.15) is 35.9 Å². The number of carbonyl (C=O) groups is 6. The zero-order chi connectivity index (χ0) is 61.2. The van der Waals surface area contributed by atoms with Crippen LogP contribution in [0, 0.1) is 41.4 Å². The van der Waals surface area contributed by atoms with Crippen molar-refractivity contribution in [2.45, 2.75) is 175 Å². The van der Waals surface area contributed by atoms with Gasteiger partial charge < -0.3 is 49.0 Å². The summed E-state index contributed by atoms with van der Waals surface area (Å²) in [6.45, 7) is 14.8. The van der Waals surface area contributed by atoms with Crippen molar-refractivity contribution in [1.82, 2.24) is 9.62 Å². The van der Waals surface area contributed by atoms with Gasteiger partial charge in [-0.15, -0.1) is 0 Å². The SMILES string of the molecule is CC/C(C)=C/C=C/C=C/[C@@H](C)CC(C)C(=O)[C@H](OC)C(O)/C(C)=C/[C@@H](C)C(=O)C[C@@H]1OC(=O)C2[C@H](CCCN2C(=O)C(=O)C2(O)O[C@H](C)CCC2C)C1CC1CCCC(OC)C1.CNS(=O)(=O)Nc1ccc(O)cc1.COC.O=CO.